The molecule has 1 aliphatic heterocycles. The predicted octanol–water partition coefficient (Wildman–Crippen LogP) is 4.49. The number of hydrogen-bond acceptors (Lipinski definition) is 7. The van der Waals surface area contributed by atoms with Gasteiger partial charge in [0.1, 0.15) is 17.5 Å². The summed E-state index contributed by atoms with van der Waals surface area (Å²) in [5.41, 5.74) is -3.18. The Morgan fingerprint density at radius 2 is 1.70 bits per heavy atom. The van der Waals surface area contributed by atoms with E-state index in [1.165, 1.54) is 0 Å². The Bertz CT molecular complexity index is 1400. The molecule has 7 heteroatoms. The molecule has 6 aliphatic rings. The van der Waals surface area contributed by atoms with Crippen LogP contribution in [0.1, 0.15) is 78.7 Å². The molecule has 7 nitrogen and oxygen atoms in total. The lowest BCUT2D eigenvalue weighted by Gasteiger charge is -2.65. The van der Waals surface area contributed by atoms with Crippen LogP contribution in [0.25, 0.3) is 0 Å². The maximum absolute atomic E-state index is 14.6. The molecule has 0 spiro atoms. The van der Waals surface area contributed by atoms with Crippen LogP contribution in [0.15, 0.2) is 48.1 Å². The van der Waals surface area contributed by atoms with E-state index in [1.54, 1.807) is 18.2 Å². The molecule has 0 aromatic heterocycles. The molecule has 1 aromatic carbocycles. The summed E-state index contributed by atoms with van der Waals surface area (Å²) in [5.74, 6) is 0.334. The molecule has 1 heterocycles. The molecule has 1 saturated heterocycles. The summed E-state index contributed by atoms with van der Waals surface area (Å²) in [6.07, 6.45) is 6.74. The number of phenolic OH excluding ortho intramolecular Hbond substituents is 1. The first kappa shape index (κ1) is 30.6. The van der Waals surface area contributed by atoms with E-state index in [0.29, 0.717) is 43.9 Å². The summed E-state index contributed by atoms with van der Waals surface area (Å²) in [6, 6.07) is 6.88. The molecule has 4 fully saturated rings. The Kier molecular flexibility index (Phi) is 6.78. The molecule has 5 aliphatic carbocycles. The van der Waals surface area contributed by atoms with Crippen LogP contribution in [-0.2, 0) is 16.0 Å². The molecule has 0 bridgehead atoms. The average Bonchev–Trinajstić information content (AvgIpc) is 3.73. The normalized spacial score (nSPS) is 49.9. The molecular formula is C37H50O7. The quantitative estimate of drug-likeness (QED) is 0.247. The molecule has 44 heavy (non-hydrogen) atoms. The van der Waals surface area contributed by atoms with Crippen molar-refractivity contribution in [1.29, 1.82) is 0 Å². The number of phenols is 1. The van der Waals surface area contributed by atoms with Gasteiger partial charge in [-0.1, -0.05) is 58.9 Å². The number of ketones is 1. The zero-order valence-electron chi connectivity index (χ0n) is 26.7. The zero-order chi connectivity index (χ0) is 31.6. The summed E-state index contributed by atoms with van der Waals surface area (Å²) in [5, 5.41) is 57.5. The third kappa shape index (κ3) is 3.83. The van der Waals surface area contributed by atoms with Crippen molar-refractivity contribution in [3.05, 3.63) is 53.6 Å². The van der Waals surface area contributed by atoms with Crippen molar-refractivity contribution in [3.63, 3.8) is 0 Å². The summed E-state index contributed by atoms with van der Waals surface area (Å²) in [6.45, 7) is 10.8. The highest BCUT2D eigenvalue weighted by molar-refractivity contribution is 5.98. The first-order valence-electron chi connectivity index (χ1n) is 16.8. The van der Waals surface area contributed by atoms with Crippen molar-refractivity contribution in [2.24, 2.45) is 45.8 Å². The number of carbonyl (C=O) groups excluding carboxylic acids is 1. The first-order chi connectivity index (χ1) is 20.6. The fraction of sp³-hybridized carbons (Fsp3) is 0.703. The maximum Gasteiger partial charge on any atom is 0.162 e. The largest absolute Gasteiger partial charge is 0.508 e. The number of aromatic hydroxyl groups is 1. The molecule has 13 atom stereocenters. The molecule has 5 N–H and O–H groups in total. The van der Waals surface area contributed by atoms with Crippen molar-refractivity contribution in [1.82, 2.24) is 0 Å². The van der Waals surface area contributed by atoms with Crippen molar-refractivity contribution in [2.45, 2.75) is 115 Å². The molecule has 3 saturated carbocycles. The van der Waals surface area contributed by atoms with Gasteiger partial charge in [-0.2, -0.15) is 0 Å². The van der Waals surface area contributed by atoms with Crippen molar-refractivity contribution >= 4 is 5.78 Å². The van der Waals surface area contributed by atoms with Gasteiger partial charge >= 0.3 is 0 Å². The number of fused-ring (bicyclic) bond motifs is 4. The van der Waals surface area contributed by atoms with Gasteiger partial charge in [0.15, 0.2) is 5.78 Å². The van der Waals surface area contributed by atoms with Crippen LogP contribution in [0, 0.1) is 45.8 Å². The van der Waals surface area contributed by atoms with Crippen LogP contribution >= 0.6 is 0 Å². The number of epoxide rings is 1. The highest BCUT2D eigenvalue weighted by Gasteiger charge is 2.76. The Morgan fingerprint density at radius 3 is 2.39 bits per heavy atom. The van der Waals surface area contributed by atoms with Crippen LogP contribution in [0.3, 0.4) is 0 Å². The maximum atomic E-state index is 14.6. The zero-order valence-corrected chi connectivity index (χ0v) is 26.7. The van der Waals surface area contributed by atoms with Gasteiger partial charge in [-0.05, 0) is 109 Å². The van der Waals surface area contributed by atoms with Crippen LogP contribution in [0.5, 0.6) is 5.75 Å². The molecule has 0 radical (unpaired) electrons. The highest BCUT2D eigenvalue weighted by atomic mass is 16.6. The average molecular weight is 607 g/mol. The number of allylic oxidation sites excluding steroid dienone is 2. The second-order valence-corrected chi connectivity index (χ2v) is 16.2. The number of benzene rings is 1. The third-order valence-corrected chi connectivity index (χ3v) is 14.2. The molecular weight excluding hydrogens is 556 g/mol. The van der Waals surface area contributed by atoms with E-state index < -0.39 is 39.7 Å². The molecule has 1 aromatic rings. The Hall–Kier alpha value is -2.03. The fourth-order valence-corrected chi connectivity index (χ4v) is 11.2. The van der Waals surface area contributed by atoms with E-state index in [4.69, 9.17) is 4.74 Å². The van der Waals surface area contributed by atoms with E-state index in [9.17, 15) is 30.3 Å². The topological polar surface area (TPSA) is 131 Å². The van der Waals surface area contributed by atoms with Crippen molar-refractivity contribution in [2.75, 3.05) is 0 Å². The van der Waals surface area contributed by atoms with Gasteiger partial charge in [-0.25, -0.2) is 0 Å². The van der Waals surface area contributed by atoms with Gasteiger partial charge in [-0.3, -0.25) is 4.79 Å². The molecule has 240 valence electrons. The van der Waals surface area contributed by atoms with Gasteiger partial charge in [0.2, 0.25) is 0 Å². The molecule has 0 amide bonds. The Labute approximate surface area is 261 Å². The van der Waals surface area contributed by atoms with Gasteiger partial charge < -0.3 is 30.3 Å². The number of hydrogen-bond donors (Lipinski definition) is 5. The second kappa shape index (κ2) is 9.74. The highest BCUT2D eigenvalue weighted by Crippen LogP contribution is 2.74. The smallest absolute Gasteiger partial charge is 0.162 e. The van der Waals surface area contributed by atoms with Gasteiger partial charge in [0.05, 0.1) is 23.9 Å². The summed E-state index contributed by atoms with van der Waals surface area (Å²) < 4.78 is 6.25. The summed E-state index contributed by atoms with van der Waals surface area (Å²) >= 11 is 0. The lowest BCUT2D eigenvalue weighted by molar-refractivity contribution is -0.192. The lowest BCUT2D eigenvalue weighted by Crippen LogP contribution is -2.68. The Morgan fingerprint density at radius 1 is 1.02 bits per heavy atom. The monoisotopic (exact) mass is 606 g/mol. The number of aliphatic hydroxyl groups is 4. The minimum Gasteiger partial charge on any atom is -0.508 e. The summed E-state index contributed by atoms with van der Waals surface area (Å²) in [4.78, 5) is 14.6. The minimum atomic E-state index is -1.30. The number of ether oxygens (including phenoxy) is 1. The fourth-order valence-electron chi connectivity index (χ4n) is 11.2. The van der Waals surface area contributed by atoms with Crippen LogP contribution in [0.4, 0.5) is 0 Å². The molecule has 13 unspecified atom stereocenters. The van der Waals surface area contributed by atoms with Gasteiger partial charge in [-0.15, -0.1) is 0 Å². The number of carbonyl (C=O) groups is 1. The first-order valence-corrected chi connectivity index (χ1v) is 16.8. The Balaban J connectivity index is 1.32. The van der Waals surface area contributed by atoms with E-state index in [1.807, 2.05) is 12.1 Å². The third-order valence-electron chi connectivity index (χ3n) is 14.2. The molecule has 7 rings (SSSR count). The van der Waals surface area contributed by atoms with Crippen LogP contribution in [0.2, 0.25) is 0 Å². The van der Waals surface area contributed by atoms with E-state index in [2.05, 4.69) is 46.8 Å². The van der Waals surface area contributed by atoms with Crippen LogP contribution in [-0.4, -0.2) is 66.9 Å². The summed E-state index contributed by atoms with van der Waals surface area (Å²) in [7, 11) is 0. The lowest BCUT2D eigenvalue weighted by atomic mass is 9.39. The SMILES string of the molecule is CC(C)C(C)C1OC1C1(O)CC=CC2CC3C(=CC(=O)C4(Cc5ccc(O)cc5)CC(O)C(O)CC34C)C3(O)CCC1C23C. The van der Waals surface area contributed by atoms with E-state index in [-0.39, 0.29) is 54.3 Å². The van der Waals surface area contributed by atoms with Crippen LogP contribution < -0.4 is 0 Å². The number of aliphatic hydroxyl groups excluding tert-OH is 2. The van der Waals surface area contributed by atoms with E-state index >= 15 is 0 Å². The second-order valence-electron chi connectivity index (χ2n) is 16.2. The predicted molar refractivity (Wildman–Crippen MR) is 165 cm³/mol. The number of rotatable bonds is 5. The van der Waals surface area contributed by atoms with E-state index in [0.717, 1.165) is 11.1 Å². The van der Waals surface area contributed by atoms with Gasteiger partial charge in [0.25, 0.3) is 0 Å². The standard InChI is InChI=1S/C37H50O7/c1-20(2)21(3)31-32(44-31)36(42)13-6-7-23-15-25-26(37(43)14-12-29(36)34(23,37)5)16-30(41)35(17-22-8-10-24(38)11-9-22)19-28(40)27(39)18-33(25,35)4/h6-11,16,20-21,23,25,27-29,31-32,38-40,42-43H,12-15,17-19H2,1-5H3. The minimum absolute atomic E-state index is 0.0105. The van der Waals surface area contributed by atoms with Gasteiger partial charge in [0, 0.05) is 10.8 Å². The van der Waals surface area contributed by atoms with Crippen molar-refractivity contribution in [3.8, 4) is 5.75 Å². The van der Waals surface area contributed by atoms with Crippen molar-refractivity contribution < 1.29 is 35.1 Å².